The Balaban J connectivity index is 2.59. The van der Waals surface area contributed by atoms with Gasteiger partial charge in [0, 0.05) is 6.42 Å². The van der Waals surface area contributed by atoms with Crippen molar-refractivity contribution in [1.82, 2.24) is 0 Å². The van der Waals surface area contributed by atoms with E-state index in [2.05, 4.69) is 0 Å². The van der Waals surface area contributed by atoms with E-state index in [9.17, 15) is 9.90 Å². The van der Waals surface area contributed by atoms with Gasteiger partial charge in [0.05, 0.1) is 6.10 Å². The highest BCUT2D eigenvalue weighted by Crippen LogP contribution is 2.17. The number of aliphatic carboxylic acids is 1. The normalized spacial score (nSPS) is 14.7. The Hall–Kier alpha value is -1.39. The molecule has 1 unspecified atom stereocenters. The summed E-state index contributed by atoms with van der Waals surface area (Å²) in [7, 11) is 0. The maximum atomic E-state index is 10.3. The Bertz CT molecular complexity index is 296. The monoisotopic (exact) mass is 196 g/mol. The molecule has 3 N–H and O–H groups in total. The molecule has 0 spiro atoms. The molecule has 0 aliphatic rings. The zero-order valence-electron chi connectivity index (χ0n) is 7.50. The van der Waals surface area contributed by atoms with Gasteiger partial charge in [0.2, 0.25) is 0 Å². The predicted octanol–water partition coefficient (Wildman–Crippen LogP) is 0.556. The van der Waals surface area contributed by atoms with Crippen molar-refractivity contribution >= 4 is 5.97 Å². The first-order chi connectivity index (χ1) is 6.61. The van der Waals surface area contributed by atoms with Crippen LogP contribution in [0.1, 0.15) is 18.1 Å². The van der Waals surface area contributed by atoms with Crippen LogP contribution in [-0.4, -0.2) is 27.4 Å². The summed E-state index contributed by atoms with van der Waals surface area (Å²) in [5.41, 5.74) is 0.604. The van der Waals surface area contributed by atoms with E-state index in [1.54, 1.807) is 30.3 Å². The van der Waals surface area contributed by atoms with Crippen molar-refractivity contribution < 1.29 is 20.1 Å². The SMILES string of the molecule is O=C(O)[C@@H](O)CC(O)c1ccccc1. The van der Waals surface area contributed by atoms with E-state index >= 15 is 0 Å². The Morgan fingerprint density at radius 3 is 2.29 bits per heavy atom. The topological polar surface area (TPSA) is 77.8 Å². The van der Waals surface area contributed by atoms with Crippen molar-refractivity contribution in [3.63, 3.8) is 0 Å². The van der Waals surface area contributed by atoms with Crippen molar-refractivity contribution in [2.75, 3.05) is 0 Å². The van der Waals surface area contributed by atoms with E-state index in [-0.39, 0.29) is 6.42 Å². The highest BCUT2D eigenvalue weighted by atomic mass is 16.4. The maximum Gasteiger partial charge on any atom is 0.332 e. The second-order valence-electron chi connectivity index (χ2n) is 3.02. The molecule has 1 rings (SSSR count). The van der Waals surface area contributed by atoms with Crippen LogP contribution in [0.4, 0.5) is 0 Å². The van der Waals surface area contributed by atoms with Gasteiger partial charge in [0.15, 0.2) is 6.10 Å². The number of aliphatic hydroxyl groups is 2. The van der Waals surface area contributed by atoms with Crippen LogP contribution in [0, 0.1) is 0 Å². The zero-order chi connectivity index (χ0) is 10.6. The third-order valence-corrected chi connectivity index (χ3v) is 1.92. The summed E-state index contributed by atoms with van der Waals surface area (Å²) in [6, 6.07) is 8.64. The highest BCUT2D eigenvalue weighted by molar-refractivity contribution is 5.71. The number of hydrogen-bond donors (Lipinski definition) is 3. The number of carboxylic acid groups (broad SMARTS) is 1. The van der Waals surface area contributed by atoms with Gasteiger partial charge >= 0.3 is 5.97 Å². The molecule has 4 nitrogen and oxygen atoms in total. The number of benzene rings is 1. The molecule has 0 saturated heterocycles. The molecule has 0 aliphatic carbocycles. The Kier molecular flexibility index (Phi) is 3.62. The lowest BCUT2D eigenvalue weighted by Gasteiger charge is -2.12. The Morgan fingerprint density at radius 2 is 1.79 bits per heavy atom. The first-order valence-corrected chi connectivity index (χ1v) is 4.25. The van der Waals surface area contributed by atoms with Crippen molar-refractivity contribution in [3.8, 4) is 0 Å². The lowest BCUT2D eigenvalue weighted by atomic mass is 10.0. The average Bonchev–Trinajstić information content (AvgIpc) is 2.19. The van der Waals surface area contributed by atoms with Crippen LogP contribution in [0.25, 0.3) is 0 Å². The summed E-state index contributed by atoms with van der Waals surface area (Å²) >= 11 is 0. The quantitative estimate of drug-likeness (QED) is 0.657. The second kappa shape index (κ2) is 4.74. The van der Waals surface area contributed by atoms with E-state index in [1.165, 1.54) is 0 Å². The molecule has 0 aromatic heterocycles. The number of hydrogen-bond acceptors (Lipinski definition) is 3. The molecule has 76 valence electrons. The average molecular weight is 196 g/mol. The van der Waals surface area contributed by atoms with Crippen molar-refractivity contribution in [1.29, 1.82) is 0 Å². The molecule has 0 fully saturated rings. The van der Waals surface area contributed by atoms with E-state index in [4.69, 9.17) is 10.2 Å². The van der Waals surface area contributed by atoms with E-state index < -0.39 is 18.2 Å². The minimum atomic E-state index is -1.52. The fourth-order valence-corrected chi connectivity index (χ4v) is 1.12. The van der Waals surface area contributed by atoms with Crippen LogP contribution in [0.5, 0.6) is 0 Å². The fraction of sp³-hybridized carbons (Fsp3) is 0.300. The number of carboxylic acids is 1. The van der Waals surface area contributed by atoms with Crippen LogP contribution >= 0.6 is 0 Å². The molecular weight excluding hydrogens is 184 g/mol. The number of aliphatic hydroxyl groups excluding tert-OH is 2. The smallest absolute Gasteiger partial charge is 0.332 e. The molecule has 0 radical (unpaired) electrons. The van der Waals surface area contributed by atoms with Gasteiger partial charge in [-0.3, -0.25) is 0 Å². The van der Waals surface area contributed by atoms with Crippen LogP contribution < -0.4 is 0 Å². The summed E-state index contributed by atoms with van der Waals surface area (Å²) in [5.74, 6) is -1.32. The lowest BCUT2D eigenvalue weighted by Crippen LogP contribution is -2.22. The van der Waals surface area contributed by atoms with Gasteiger partial charge in [-0.1, -0.05) is 30.3 Å². The molecule has 0 saturated carbocycles. The third-order valence-electron chi connectivity index (χ3n) is 1.92. The molecule has 0 aliphatic heterocycles. The Morgan fingerprint density at radius 1 is 1.21 bits per heavy atom. The standard InChI is InChI=1S/C10H12O4/c11-8(6-9(12)10(13)14)7-4-2-1-3-5-7/h1-5,8-9,11-12H,6H2,(H,13,14)/t8?,9-/m0/s1. The van der Waals surface area contributed by atoms with Crippen LogP contribution in [0.2, 0.25) is 0 Å². The van der Waals surface area contributed by atoms with Gasteiger partial charge in [-0.25, -0.2) is 4.79 Å². The molecule has 1 aromatic rings. The Labute approximate surface area is 81.4 Å². The van der Waals surface area contributed by atoms with Gasteiger partial charge in [-0.15, -0.1) is 0 Å². The summed E-state index contributed by atoms with van der Waals surface area (Å²) in [6.45, 7) is 0. The molecule has 2 atom stereocenters. The van der Waals surface area contributed by atoms with Gasteiger partial charge in [-0.2, -0.15) is 0 Å². The van der Waals surface area contributed by atoms with E-state index in [1.807, 2.05) is 0 Å². The van der Waals surface area contributed by atoms with Gasteiger partial charge in [-0.05, 0) is 5.56 Å². The molecule has 0 amide bonds. The fourth-order valence-electron chi connectivity index (χ4n) is 1.12. The molecule has 0 bridgehead atoms. The van der Waals surface area contributed by atoms with Crippen LogP contribution in [0.15, 0.2) is 30.3 Å². The minimum Gasteiger partial charge on any atom is -0.479 e. The van der Waals surface area contributed by atoms with Crippen LogP contribution in [0.3, 0.4) is 0 Å². The predicted molar refractivity (Wildman–Crippen MR) is 49.7 cm³/mol. The highest BCUT2D eigenvalue weighted by Gasteiger charge is 2.18. The first-order valence-electron chi connectivity index (χ1n) is 4.25. The van der Waals surface area contributed by atoms with E-state index in [0.29, 0.717) is 5.56 Å². The summed E-state index contributed by atoms with van der Waals surface area (Å²) in [4.78, 5) is 10.3. The van der Waals surface area contributed by atoms with Gasteiger partial charge in [0.1, 0.15) is 0 Å². The molecule has 14 heavy (non-hydrogen) atoms. The summed E-state index contributed by atoms with van der Waals surface area (Å²) in [5, 5.41) is 26.9. The molecule has 0 heterocycles. The maximum absolute atomic E-state index is 10.3. The minimum absolute atomic E-state index is 0.195. The largest absolute Gasteiger partial charge is 0.479 e. The van der Waals surface area contributed by atoms with Crippen molar-refractivity contribution in [2.24, 2.45) is 0 Å². The van der Waals surface area contributed by atoms with Gasteiger partial charge in [0.25, 0.3) is 0 Å². The second-order valence-corrected chi connectivity index (χ2v) is 3.02. The molecule has 1 aromatic carbocycles. The van der Waals surface area contributed by atoms with Crippen molar-refractivity contribution in [2.45, 2.75) is 18.6 Å². The molecule has 4 heteroatoms. The van der Waals surface area contributed by atoms with Crippen LogP contribution in [-0.2, 0) is 4.79 Å². The summed E-state index contributed by atoms with van der Waals surface area (Å²) < 4.78 is 0. The summed E-state index contributed by atoms with van der Waals surface area (Å²) in [6.07, 6.45) is -2.66. The zero-order valence-corrected chi connectivity index (χ0v) is 7.50. The van der Waals surface area contributed by atoms with E-state index in [0.717, 1.165) is 0 Å². The number of rotatable bonds is 4. The molecular formula is C10H12O4. The van der Waals surface area contributed by atoms with Crippen molar-refractivity contribution in [3.05, 3.63) is 35.9 Å². The number of carbonyl (C=O) groups is 1. The lowest BCUT2D eigenvalue weighted by molar-refractivity contribution is -0.148. The van der Waals surface area contributed by atoms with Gasteiger partial charge < -0.3 is 15.3 Å². The first kappa shape index (κ1) is 10.7. The third kappa shape index (κ3) is 2.83.